The van der Waals surface area contributed by atoms with Crippen LogP contribution in [-0.2, 0) is 14.8 Å². The van der Waals surface area contributed by atoms with Crippen LogP contribution >= 0.6 is 12.4 Å². The molecule has 98 valence electrons. The molecular weight excluding hydrogens is 252 g/mol. The molecule has 0 aromatic carbocycles. The van der Waals surface area contributed by atoms with Crippen molar-refractivity contribution in [1.82, 2.24) is 9.62 Å². The van der Waals surface area contributed by atoms with E-state index < -0.39 is 10.0 Å². The first-order valence-corrected chi connectivity index (χ1v) is 6.96. The fraction of sp³-hybridized carbons (Fsp3) is 1.00. The zero-order valence-electron chi connectivity index (χ0n) is 9.81. The van der Waals surface area contributed by atoms with Gasteiger partial charge in [-0.3, -0.25) is 0 Å². The minimum Gasteiger partial charge on any atom is -0.381 e. The fourth-order valence-corrected chi connectivity index (χ4v) is 2.99. The highest BCUT2D eigenvalue weighted by atomic mass is 35.5. The molecule has 1 rings (SSSR count). The fourth-order valence-electron chi connectivity index (χ4n) is 1.59. The predicted octanol–water partition coefficient (Wildman–Crippen LogP) is 0.0682. The molecule has 1 aliphatic rings. The maximum atomic E-state index is 11.8. The van der Waals surface area contributed by atoms with Crippen LogP contribution in [0.4, 0.5) is 0 Å². The van der Waals surface area contributed by atoms with Gasteiger partial charge >= 0.3 is 0 Å². The topological polar surface area (TPSA) is 58.6 Å². The molecule has 7 heteroatoms. The maximum absolute atomic E-state index is 11.8. The molecule has 1 heterocycles. The number of halogens is 1. The molecule has 1 aliphatic heterocycles. The van der Waals surface area contributed by atoms with Gasteiger partial charge < -0.3 is 10.1 Å². The smallest absolute Gasteiger partial charge is 0.216 e. The van der Waals surface area contributed by atoms with Crippen molar-refractivity contribution in [3.63, 3.8) is 0 Å². The molecule has 0 aromatic rings. The SMILES string of the molecule is CCOCCS(=O)(=O)N1CCNC(C)C1.Cl. The number of sulfonamides is 1. The van der Waals surface area contributed by atoms with Crippen molar-refractivity contribution in [2.24, 2.45) is 0 Å². The molecule has 0 spiro atoms. The Morgan fingerprint density at radius 1 is 1.50 bits per heavy atom. The van der Waals surface area contributed by atoms with E-state index in [1.165, 1.54) is 0 Å². The third kappa shape index (κ3) is 4.97. The van der Waals surface area contributed by atoms with Crippen LogP contribution in [0.15, 0.2) is 0 Å². The van der Waals surface area contributed by atoms with Crippen molar-refractivity contribution in [2.45, 2.75) is 19.9 Å². The summed E-state index contributed by atoms with van der Waals surface area (Å²) in [5, 5.41) is 3.21. The number of hydrogen-bond acceptors (Lipinski definition) is 4. The zero-order chi connectivity index (χ0) is 11.3. The predicted molar refractivity (Wildman–Crippen MR) is 66.6 cm³/mol. The van der Waals surface area contributed by atoms with E-state index >= 15 is 0 Å². The lowest BCUT2D eigenvalue weighted by Crippen LogP contribution is -2.52. The number of rotatable bonds is 5. The molecule has 1 saturated heterocycles. The van der Waals surface area contributed by atoms with Crippen molar-refractivity contribution in [2.75, 3.05) is 38.6 Å². The van der Waals surface area contributed by atoms with Crippen LogP contribution in [0.25, 0.3) is 0 Å². The minimum atomic E-state index is -3.12. The molecule has 1 N–H and O–H groups in total. The van der Waals surface area contributed by atoms with Crippen LogP contribution in [0.5, 0.6) is 0 Å². The molecule has 0 amide bonds. The average molecular weight is 273 g/mol. The van der Waals surface area contributed by atoms with E-state index in [0.717, 1.165) is 6.54 Å². The Kier molecular flexibility index (Phi) is 7.50. The van der Waals surface area contributed by atoms with Gasteiger partial charge in [0.1, 0.15) is 0 Å². The summed E-state index contributed by atoms with van der Waals surface area (Å²) < 4.78 is 30.3. The number of hydrogen-bond donors (Lipinski definition) is 1. The summed E-state index contributed by atoms with van der Waals surface area (Å²) in [5.74, 6) is 0.0908. The van der Waals surface area contributed by atoms with Gasteiger partial charge in [-0.05, 0) is 13.8 Å². The molecule has 0 aromatic heterocycles. The van der Waals surface area contributed by atoms with E-state index in [4.69, 9.17) is 4.74 Å². The first-order valence-electron chi connectivity index (χ1n) is 5.35. The summed E-state index contributed by atoms with van der Waals surface area (Å²) in [6.07, 6.45) is 0. The van der Waals surface area contributed by atoms with Crippen LogP contribution in [0.1, 0.15) is 13.8 Å². The summed E-state index contributed by atoms with van der Waals surface area (Å²) in [5.41, 5.74) is 0. The summed E-state index contributed by atoms with van der Waals surface area (Å²) in [4.78, 5) is 0. The molecule has 1 unspecified atom stereocenters. The van der Waals surface area contributed by atoms with E-state index in [1.807, 2.05) is 13.8 Å². The monoisotopic (exact) mass is 272 g/mol. The largest absolute Gasteiger partial charge is 0.381 e. The highest BCUT2D eigenvalue weighted by Crippen LogP contribution is 2.06. The third-order valence-electron chi connectivity index (χ3n) is 2.41. The third-order valence-corrected chi connectivity index (χ3v) is 4.22. The van der Waals surface area contributed by atoms with Crippen molar-refractivity contribution in [3.05, 3.63) is 0 Å². The van der Waals surface area contributed by atoms with E-state index in [1.54, 1.807) is 4.31 Å². The van der Waals surface area contributed by atoms with Gasteiger partial charge in [0.25, 0.3) is 0 Å². The molecule has 0 saturated carbocycles. The molecule has 0 aliphatic carbocycles. The second-order valence-corrected chi connectivity index (χ2v) is 5.81. The number of nitrogens with one attached hydrogen (secondary N) is 1. The summed E-state index contributed by atoms with van der Waals surface area (Å²) >= 11 is 0. The quantitative estimate of drug-likeness (QED) is 0.720. The number of piperazine rings is 1. The van der Waals surface area contributed by atoms with Crippen LogP contribution in [0.2, 0.25) is 0 Å². The zero-order valence-corrected chi connectivity index (χ0v) is 11.4. The highest BCUT2D eigenvalue weighted by molar-refractivity contribution is 7.89. The Balaban J connectivity index is 0.00000225. The van der Waals surface area contributed by atoms with Crippen LogP contribution in [-0.4, -0.2) is 57.4 Å². The average Bonchev–Trinajstić information content (AvgIpc) is 2.18. The normalized spacial score (nSPS) is 22.8. The van der Waals surface area contributed by atoms with Crippen molar-refractivity contribution in [1.29, 1.82) is 0 Å². The Morgan fingerprint density at radius 2 is 2.19 bits per heavy atom. The Bertz CT molecular complexity index is 284. The lowest BCUT2D eigenvalue weighted by Gasteiger charge is -2.30. The number of ether oxygens (including phenoxy) is 1. The van der Waals surface area contributed by atoms with E-state index in [2.05, 4.69) is 5.32 Å². The van der Waals surface area contributed by atoms with Crippen LogP contribution in [0, 0.1) is 0 Å². The molecule has 0 radical (unpaired) electrons. The lowest BCUT2D eigenvalue weighted by molar-refractivity contribution is 0.162. The van der Waals surface area contributed by atoms with Gasteiger partial charge in [0, 0.05) is 32.3 Å². The highest BCUT2D eigenvalue weighted by Gasteiger charge is 2.26. The van der Waals surface area contributed by atoms with Gasteiger partial charge in [-0.15, -0.1) is 12.4 Å². The Hall–Kier alpha value is 0.120. The second kappa shape index (κ2) is 7.45. The summed E-state index contributed by atoms with van der Waals surface area (Å²) in [6.45, 7) is 6.57. The van der Waals surface area contributed by atoms with E-state index in [9.17, 15) is 8.42 Å². The van der Waals surface area contributed by atoms with E-state index in [0.29, 0.717) is 19.7 Å². The van der Waals surface area contributed by atoms with Gasteiger partial charge in [0.05, 0.1) is 12.4 Å². The second-order valence-electron chi connectivity index (χ2n) is 3.73. The van der Waals surface area contributed by atoms with Gasteiger partial charge in [-0.1, -0.05) is 0 Å². The first kappa shape index (κ1) is 16.1. The van der Waals surface area contributed by atoms with Gasteiger partial charge in [-0.2, -0.15) is 4.31 Å². The minimum absolute atomic E-state index is 0. The lowest BCUT2D eigenvalue weighted by atomic mass is 10.3. The molecule has 16 heavy (non-hydrogen) atoms. The molecule has 5 nitrogen and oxygen atoms in total. The molecule has 1 atom stereocenters. The van der Waals surface area contributed by atoms with Gasteiger partial charge in [0.2, 0.25) is 10.0 Å². The van der Waals surface area contributed by atoms with Crippen molar-refractivity contribution >= 4 is 22.4 Å². The van der Waals surface area contributed by atoms with Gasteiger partial charge in [-0.25, -0.2) is 8.42 Å². The maximum Gasteiger partial charge on any atom is 0.216 e. The van der Waals surface area contributed by atoms with Crippen molar-refractivity contribution in [3.8, 4) is 0 Å². The van der Waals surface area contributed by atoms with E-state index in [-0.39, 0.29) is 30.8 Å². The molecular formula is C9H21ClN2O3S. The standard InChI is InChI=1S/C9H20N2O3S.ClH/c1-3-14-6-7-15(12,13)11-5-4-10-9(2)8-11;/h9-10H,3-8H2,1-2H3;1H. The summed E-state index contributed by atoms with van der Waals surface area (Å²) in [7, 11) is -3.12. The Morgan fingerprint density at radius 3 is 2.75 bits per heavy atom. The Labute approximate surface area is 104 Å². The summed E-state index contributed by atoms with van der Waals surface area (Å²) in [6, 6.07) is 0.237. The number of nitrogens with zero attached hydrogens (tertiary/aromatic N) is 1. The first-order chi connectivity index (χ1) is 7.06. The van der Waals surface area contributed by atoms with Crippen molar-refractivity contribution < 1.29 is 13.2 Å². The van der Waals surface area contributed by atoms with Gasteiger partial charge in [0.15, 0.2) is 0 Å². The van der Waals surface area contributed by atoms with Crippen LogP contribution < -0.4 is 5.32 Å². The molecule has 1 fully saturated rings. The van der Waals surface area contributed by atoms with Crippen LogP contribution in [0.3, 0.4) is 0 Å². The molecule has 0 bridgehead atoms.